The van der Waals surface area contributed by atoms with Crippen LogP contribution in [0.4, 0.5) is 10.1 Å². The molecule has 0 saturated carbocycles. The van der Waals surface area contributed by atoms with Crippen molar-refractivity contribution in [2.24, 2.45) is 5.92 Å². The molecule has 1 amide bonds. The summed E-state index contributed by atoms with van der Waals surface area (Å²) in [5.74, 6) is -0.344. The van der Waals surface area contributed by atoms with E-state index in [0.717, 1.165) is 13.1 Å². The lowest BCUT2D eigenvalue weighted by molar-refractivity contribution is 0.0941. The fourth-order valence-electron chi connectivity index (χ4n) is 2.57. The van der Waals surface area contributed by atoms with Gasteiger partial charge in [-0.3, -0.25) is 9.52 Å². The molecule has 3 rings (SSSR count). The average molecular weight is 414 g/mol. The van der Waals surface area contributed by atoms with Crippen molar-refractivity contribution in [3.63, 3.8) is 0 Å². The molecule has 1 saturated heterocycles. The Hall–Kier alpha value is -2.16. The zero-order valence-electron chi connectivity index (χ0n) is 14.7. The van der Waals surface area contributed by atoms with Gasteiger partial charge in [-0.05, 0) is 48.9 Å². The van der Waals surface area contributed by atoms with E-state index < -0.39 is 15.8 Å². The second kappa shape index (κ2) is 8.69. The molecule has 2 aromatic carbocycles. The van der Waals surface area contributed by atoms with Gasteiger partial charge < -0.3 is 10.6 Å². The standard InChI is InChI=1S/C18H20FN3O3S.ClH/c1-12-2-7-16(8-17(12)18(23)21-11-13-9-20-10-13)26(24,25)22-15-5-3-14(19)4-6-15;/h2-8,13,20,22H,9-11H2,1H3,(H,21,23);1H. The highest BCUT2D eigenvalue weighted by molar-refractivity contribution is 7.92. The number of hydrogen-bond donors (Lipinski definition) is 3. The number of aryl methyl sites for hydroxylation is 1. The summed E-state index contributed by atoms with van der Waals surface area (Å²) < 4.78 is 40.4. The van der Waals surface area contributed by atoms with Gasteiger partial charge in [0.05, 0.1) is 4.90 Å². The van der Waals surface area contributed by atoms with Gasteiger partial charge in [-0.1, -0.05) is 6.07 Å². The molecular weight excluding hydrogens is 393 g/mol. The molecule has 146 valence electrons. The molecule has 3 N–H and O–H groups in total. The Morgan fingerprint density at radius 1 is 1.19 bits per heavy atom. The van der Waals surface area contributed by atoms with Gasteiger partial charge in [0, 0.05) is 36.8 Å². The lowest BCUT2D eigenvalue weighted by Crippen LogP contribution is -2.48. The van der Waals surface area contributed by atoms with E-state index in [1.165, 1.54) is 36.4 Å². The van der Waals surface area contributed by atoms with Crippen LogP contribution in [-0.4, -0.2) is 34.0 Å². The number of carbonyl (C=O) groups is 1. The topological polar surface area (TPSA) is 87.3 Å². The number of carbonyl (C=O) groups excluding carboxylic acids is 1. The molecule has 0 aromatic heterocycles. The first kappa shape index (κ1) is 21.1. The van der Waals surface area contributed by atoms with Crippen LogP contribution in [0.2, 0.25) is 0 Å². The van der Waals surface area contributed by atoms with Crippen molar-refractivity contribution in [3.05, 3.63) is 59.4 Å². The minimum Gasteiger partial charge on any atom is -0.352 e. The summed E-state index contributed by atoms with van der Waals surface area (Å²) in [6, 6.07) is 9.40. The molecule has 0 aliphatic carbocycles. The molecule has 0 unspecified atom stereocenters. The maximum atomic E-state index is 13.0. The highest BCUT2D eigenvalue weighted by Crippen LogP contribution is 2.20. The van der Waals surface area contributed by atoms with Crippen LogP contribution in [0, 0.1) is 18.7 Å². The summed E-state index contributed by atoms with van der Waals surface area (Å²) in [6.45, 7) is 4.05. The van der Waals surface area contributed by atoms with Gasteiger partial charge in [0.25, 0.3) is 15.9 Å². The van der Waals surface area contributed by atoms with Crippen molar-refractivity contribution in [2.75, 3.05) is 24.4 Å². The number of anilines is 1. The van der Waals surface area contributed by atoms with Crippen LogP contribution in [0.25, 0.3) is 0 Å². The molecule has 27 heavy (non-hydrogen) atoms. The summed E-state index contributed by atoms with van der Waals surface area (Å²) in [7, 11) is -3.89. The number of nitrogens with one attached hydrogen (secondary N) is 3. The van der Waals surface area contributed by atoms with E-state index in [1.54, 1.807) is 13.0 Å². The Morgan fingerprint density at radius 2 is 1.85 bits per heavy atom. The molecule has 9 heteroatoms. The van der Waals surface area contributed by atoms with E-state index in [1.807, 2.05) is 0 Å². The number of benzene rings is 2. The SMILES string of the molecule is Cc1ccc(S(=O)(=O)Nc2ccc(F)cc2)cc1C(=O)NCC1CNC1.Cl. The average Bonchev–Trinajstić information content (AvgIpc) is 2.55. The van der Waals surface area contributed by atoms with Crippen LogP contribution in [0.3, 0.4) is 0 Å². The number of hydrogen-bond acceptors (Lipinski definition) is 4. The first-order valence-electron chi connectivity index (χ1n) is 8.23. The molecule has 1 aliphatic rings. The zero-order chi connectivity index (χ0) is 18.7. The van der Waals surface area contributed by atoms with Gasteiger partial charge in [0.1, 0.15) is 5.82 Å². The minimum atomic E-state index is -3.89. The molecule has 1 fully saturated rings. The van der Waals surface area contributed by atoms with Crippen molar-refractivity contribution in [1.82, 2.24) is 10.6 Å². The monoisotopic (exact) mass is 413 g/mol. The van der Waals surface area contributed by atoms with E-state index in [9.17, 15) is 17.6 Å². The Balaban J connectivity index is 0.00000261. The summed E-state index contributed by atoms with van der Waals surface area (Å²) in [5.41, 5.74) is 1.25. The third-order valence-corrected chi connectivity index (χ3v) is 5.66. The van der Waals surface area contributed by atoms with E-state index in [0.29, 0.717) is 23.6 Å². The molecule has 0 spiro atoms. The molecular formula is C18H21ClFN3O3S. The molecule has 2 aromatic rings. The van der Waals surface area contributed by atoms with Crippen LogP contribution in [-0.2, 0) is 10.0 Å². The van der Waals surface area contributed by atoms with Gasteiger partial charge in [-0.25, -0.2) is 12.8 Å². The highest BCUT2D eigenvalue weighted by Gasteiger charge is 2.21. The minimum absolute atomic E-state index is 0. The second-order valence-corrected chi connectivity index (χ2v) is 8.01. The lowest BCUT2D eigenvalue weighted by atomic mass is 10.0. The largest absolute Gasteiger partial charge is 0.352 e. The number of sulfonamides is 1. The molecule has 0 radical (unpaired) electrons. The van der Waals surface area contributed by atoms with Gasteiger partial charge in [0.15, 0.2) is 0 Å². The maximum absolute atomic E-state index is 13.0. The van der Waals surface area contributed by atoms with Crippen molar-refractivity contribution < 1.29 is 17.6 Å². The smallest absolute Gasteiger partial charge is 0.261 e. The predicted molar refractivity (Wildman–Crippen MR) is 104 cm³/mol. The fraction of sp³-hybridized carbons (Fsp3) is 0.278. The summed E-state index contributed by atoms with van der Waals surface area (Å²) in [4.78, 5) is 12.4. The Labute approximate surface area is 164 Å². The first-order chi connectivity index (χ1) is 12.3. The quantitative estimate of drug-likeness (QED) is 0.678. The lowest BCUT2D eigenvalue weighted by Gasteiger charge is -2.27. The van der Waals surface area contributed by atoms with Crippen molar-refractivity contribution in [2.45, 2.75) is 11.8 Å². The predicted octanol–water partition coefficient (Wildman–Crippen LogP) is 2.31. The van der Waals surface area contributed by atoms with E-state index in [-0.39, 0.29) is 28.9 Å². The van der Waals surface area contributed by atoms with Gasteiger partial charge in [-0.2, -0.15) is 0 Å². The summed E-state index contributed by atoms with van der Waals surface area (Å²) in [5, 5.41) is 5.97. The molecule has 1 aliphatic heterocycles. The second-order valence-electron chi connectivity index (χ2n) is 6.32. The van der Waals surface area contributed by atoms with Gasteiger partial charge in [0.2, 0.25) is 0 Å². The molecule has 0 atom stereocenters. The number of halogens is 2. The highest BCUT2D eigenvalue weighted by atomic mass is 35.5. The normalized spacial score (nSPS) is 14.0. The Morgan fingerprint density at radius 3 is 2.44 bits per heavy atom. The van der Waals surface area contributed by atoms with Crippen LogP contribution in [0.5, 0.6) is 0 Å². The van der Waals surface area contributed by atoms with Gasteiger partial charge >= 0.3 is 0 Å². The van der Waals surface area contributed by atoms with E-state index in [2.05, 4.69) is 15.4 Å². The molecule has 0 bridgehead atoms. The third kappa shape index (κ3) is 5.18. The Kier molecular flexibility index (Phi) is 6.80. The van der Waals surface area contributed by atoms with Crippen molar-refractivity contribution in [3.8, 4) is 0 Å². The fourth-order valence-corrected chi connectivity index (χ4v) is 3.65. The number of amides is 1. The molecule has 6 nitrogen and oxygen atoms in total. The van der Waals surface area contributed by atoms with Gasteiger partial charge in [-0.15, -0.1) is 12.4 Å². The van der Waals surface area contributed by atoms with Crippen molar-refractivity contribution in [1.29, 1.82) is 0 Å². The summed E-state index contributed by atoms with van der Waals surface area (Å²) >= 11 is 0. The third-order valence-electron chi connectivity index (χ3n) is 4.28. The van der Waals surface area contributed by atoms with Crippen LogP contribution in [0.15, 0.2) is 47.4 Å². The van der Waals surface area contributed by atoms with Crippen LogP contribution in [0.1, 0.15) is 15.9 Å². The van der Waals surface area contributed by atoms with E-state index >= 15 is 0 Å². The maximum Gasteiger partial charge on any atom is 0.261 e. The van der Waals surface area contributed by atoms with Crippen LogP contribution < -0.4 is 15.4 Å². The molecule has 1 heterocycles. The van der Waals surface area contributed by atoms with Crippen LogP contribution >= 0.6 is 12.4 Å². The van der Waals surface area contributed by atoms with E-state index in [4.69, 9.17) is 0 Å². The summed E-state index contributed by atoms with van der Waals surface area (Å²) in [6.07, 6.45) is 0. The zero-order valence-corrected chi connectivity index (χ0v) is 16.3. The first-order valence-corrected chi connectivity index (χ1v) is 9.71. The number of rotatable bonds is 6. The Bertz CT molecular complexity index is 916. The van der Waals surface area contributed by atoms with Crippen molar-refractivity contribution >= 4 is 34.0 Å².